The molecule has 0 aliphatic rings. The molecule has 0 aromatic heterocycles. The van der Waals surface area contributed by atoms with E-state index in [9.17, 15) is 0 Å². The van der Waals surface area contributed by atoms with Crippen molar-refractivity contribution in [2.24, 2.45) is 0 Å². The zero-order valence-corrected chi connectivity index (χ0v) is 12.8. The van der Waals surface area contributed by atoms with Gasteiger partial charge in [0.2, 0.25) is 0 Å². The lowest BCUT2D eigenvalue weighted by atomic mass is 9.99. The number of nitrogens with one attached hydrogen (secondary N) is 1. The first-order valence-corrected chi connectivity index (χ1v) is 7.64. The summed E-state index contributed by atoms with van der Waals surface area (Å²) in [4.78, 5) is 0. The van der Waals surface area contributed by atoms with E-state index in [1.165, 1.54) is 21.9 Å². The fourth-order valence-electron chi connectivity index (χ4n) is 2.52. The van der Waals surface area contributed by atoms with Gasteiger partial charge in [-0.1, -0.05) is 61.0 Å². The van der Waals surface area contributed by atoms with Crippen LogP contribution in [0.5, 0.6) is 0 Å². The van der Waals surface area contributed by atoms with Crippen LogP contribution in [-0.2, 0) is 6.54 Å². The molecule has 1 nitrogen and oxygen atoms in total. The van der Waals surface area contributed by atoms with E-state index in [2.05, 4.69) is 66.8 Å². The Bertz CT molecular complexity index is 764. The Morgan fingerprint density at radius 1 is 0.857 bits per heavy atom. The third kappa shape index (κ3) is 3.10. The van der Waals surface area contributed by atoms with Crippen molar-refractivity contribution in [3.05, 3.63) is 71.2 Å². The van der Waals surface area contributed by atoms with Crippen LogP contribution in [0.15, 0.2) is 60.7 Å². The first-order chi connectivity index (χ1) is 10.3. The van der Waals surface area contributed by atoms with Gasteiger partial charge in [0.15, 0.2) is 0 Å². The van der Waals surface area contributed by atoms with E-state index in [4.69, 9.17) is 11.6 Å². The molecule has 0 bridgehead atoms. The van der Waals surface area contributed by atoms with Crippen LogP contribution in [0.1, 0.15) is 12.5 Å². The maximum Gasteiger partial charge on any atom is 0.0451 e. The second-order valence-corrected chi connectivity index (χ2v) is 5.56. The monoisotopic (exact) mass is 295 g/mol. The standard InChI is InChI=1S/C19H18ClN/c1-2-21-13-18-12-17(9-10-19(18)20)16-8-7-14-5-3-4-6-15(14)11-16/h3-12,21H,2,13H2,1H3. The Hall–Kier alpha value is -1.83. The second kappa shape index (κ2) is 6.30. The maximum absolute atomic E-state index is 6.27. The molecule has 0 radical (unpaired) electrons. The summed E-state index contributed by atoms with van der Waals surface area (Å²) in [5.74, 6) is 0. The van der Waals surface area contributed by atoms with E-state index in [-0.39, 0.29) is 0 Å². The van der Waals surface area contributed by atoms with Gasteiger partial charge in [0.1, 0.15) is 0 Å². The van der Waals surface area contributed by atoms with Gasteiger partial charge in [-0.15, -0.1) is 0 Å². The zero-order chi connectivity index (χ0) is 14.7. The molecule has 0 heterocycles. The van der Waals surface area contributed by atoms with Crippen LogP contribution in [0, 0.1) is 0 Å². The SMILES string of the molecule is CCNCc1cc(-c2ccc3ccccc3c2)ccc1Cl. The molecule has 3 aromatic carbocycles. The smallest absolute Gasteiger partial charge is 0.0451 e. The van der Waals surface area contributed by atoms with Crippen molar-refractivity contribution in [1.82, 2.24) is 5.32 Å². The normalized spacial score (nSPS) is 11.0. The molecule has 3 rings (SSSR count). The Kier molecular flexibility index (Phi) is 4.23. The number of hydrogen-bond acceptors (Lipinski definition) is 1. The summed E-state index contributed by atoms with van der Waals surface area (Å²) in [5.41, 5.74) is 3.57. The molecular weight excluding hydrogens is 278 g/mol. The highest BCUT2D eigenvalue weighted by Gasteiger charge is 2.04. The molecule has 0 fully saturated rings. The third-order valence-corrected chi connectivity index (χ3v) is 4.06. The highest BCUT2D eigenvalue weighted by atomic mass is 35.5. The number of rotatable bonds is 4. The predicted octanol–water partition coefficient (Wildman–Crippen LogP) is 5.27. The lowest BCUT2D eigenvalue weighted by Crippen LogP contribution is -2.12. The average Bonchev–Trinajstić information content (AvgIpc) is 2.53. The quantitative estimate of drug-likeness (QED) is 0.691. The van der Waals surface area contributed by atoms with Gasteiger partial charge in [-0.3, -0.25) is 0 Å². The highest BCUT2D eigenvalue weighted by molar-refractivity contribution is 6.31. The highest BCUT2D eigenvalue weighted by Crippen LogP contribution is 2.28. The Morgan fingerprint density at radius 2 is 1.57 bits per heavy atom. The minimum absolute atomic E-state index is 0.802. The molecule has 21 heavy (non-hydrogen) atoms. The minimum Gasteiger partial charge on any atom is -0.313 e. The third-order valence-electron chi connectivity index (χ3n) is 3.69. The number of benzene rings is 3. The van der Waals surface area contributed by atoms with Crippen molar-refractivity contribution < 1.29 is 0 Å². The van der Waals surface area contributed by atoms with Crippen LogP contribution in [0.3, 0.4) is 0 Å². The van der Waals surface area contributed by atoms with Gasteiger partial charge < -0.3 is 5.32 Å². The molecule has 0 unspecified atom stereocenters. The van der Waals surface area contributed by atoms with Gasteiger partial charge in [0.05, 0.1) is 0 Å². The number of halogens is 1. The van der Waals surface area contributed by atoms with Crippen molar-refractivity contribution in [2.45, 2.75) is 13.5 Å². The molecule has 0 amide bonds. The lowest BCUT2D eigenvalue weighted by Gasteiger charge is -2.09. The van der Waals surface area contributed by atoms with E-state index in [0.29, 0.717) is 0 Å². The maximum atomic E-state index is 6.27. The molecule has 0 aliphatic heterocycles. The molecule has 106 valence electrons. The van der Waals surface area contributed by atoms with Gasteiger partial charge in [-0.25, -0.2) is 0 Å². The molecule has 0 aliphatic carbocycles. The summed E-state index contributed by atoms with van der Waals surface area (Å²) in [5, 5.41) is 6.68. The van der Waals surface area contributed by atoms with Gasteiger partial charge in [0.25, 0.3) is 0 Å². The Balaban J connectivity index is 2.01. The van der Waals surface area contributed by atoms with E-state index >= 15 is 0 Å². The average molecular weight is 296 g/mol. The molecule has 2 heteroatoms. The zero-order valence-electron chi connectivity index (χ0n) is 12.1. The van der Waals surface area contributed by atoms with E-state index in [1.807, 2.05) is 6.07 Å². The summed E-state index contributed by atoms with van der Waals surface area (Å²) in [6, 6.07) is 21.2. The lowest BCUT2D eigenvalue weighted by molar-refractivity contribution is 0.727. The van der Waals surface area contributed by atoms with Crippen LogP contribution in [0.25, 0.3) is 21.9 Å². The van der Waals surface area contributed by atoms with Crippen molar-refractivity contribution >= 4 is 22.4 Å². The van der Waals surface area contributed by atoms with Crippen LogP contribution >= 0.6 is 11.6 Å². The minimum atomic E-state index is 0.802. The largest absolute Gasteiger partial charge is 0.313 e. The Labute approximate surface area is 130 Å². The van der Waals surface area contributed by atoms with Crippen LogP contribution < -0.4 is 5.32 Å². The van der Waals surface area contributed by atoms with Gasteiger partial charge in [-0.2, -0.15) is 0 Å². The van der Waals surface area contributed by atoms with Crippen LogP contribution in [0.2, 0.25) is 5.02 Å². The summed E-state index contributed by atoms with van der Waals surface area (Å²) in [7, 11) is 0. The van der Waals surface area contributed by atoms with Crippen molar-refractivity contribution in [3.8, 4) is 11.1 Å². The predicted molar refractivity (Wildman–Crippen MR) is 91.8 cm³/mol. The topological polar surface area (TPSA) is 12.0 Å². The van der Waals surface area contributed by atoms with Crippen molar-refractivity contribution in [1.29, 1.82) is 0 Å². The number of fused-ring (bicyclic) bond motifs is 1. The van der Waals surface area contributed by atoms with E-state index in [0.717, 1.165) is 23.7 Å². The van der Waals surface area contributed by atoms with E-state index < -0.39 is 0 Å². The van der Waals surface area contributed by atoms with Crippen LogP contribution in [-0.4, -0.2) is 6.54 Å². The van der Waals surface area contributed by atoms with Crippen molar-refractivity contribution in [2.75, 3.05) is 6.54 Å². The van der Waals surface area contributed by atoms with E-state index in [1.54, 1.807) is 0 Å². The second-order valence-electron chi connectivity index (χ2n) is 5.15. The van der Waals surface area contributed by atoms with Crippen LogP contribution in [0.4, 0.5) is 0 Å². The molecule has 0 atom stereocenters. The van der Waals surface area contributed by atoms with Crippen molar-refractivity contribution in [3.63, 3.8) is 0 Å². The number of hydrogen-bond donors (Lipinski definition) is 1. The molecule has 0 spiro atoms. The molecular formula is C19H18ClN. The first kappa shape index (κ1) is 14.1. The molecule has 3 aromatic rings. The summed E-state index contributed by atoms with van der Waals surface area (Å²) >= 11 is 6.27. The summed E-state index contributed by atoms with van der Waals surface area (Å²) in [6.45, 7) is 3.84. The molecule has 0 saturated carbocycles. The molecule has 1 N–H and O–H groups in total. The summed E-state index contributed by atoms with van der Waals surface area (Å²) in [6.07, 6.45) is 0. The first-order valence-electron chi connectivity index (χ1n) is 7.26. The van der Waals surface area contributed by atoms with Gasteiger partial charge >= 0.3 is 0 Å². The Morgan fingerprint density at radius 3 is 2.38 bits per heavy atom. The molecule has 0 saturated heterocycles. The fourth-order valence-corrected chi connectivity index (χ4v) is 2.70. The fraction of sp³-hybridized carbons (Fsp3) is 0.158. The van der Waals surface area contributed by atoms with Gasteiger partial charge in [0, 0.05) is 11.6 Å². The summed E-state index contributed by atoms with van der Waals surface area (Å²) < 4.78 is 0. The van der Waals surface area contributed by atoms with Gasteiger partial charge in [-0.05, 0) is 52.2 Å².